The van der Waals surface area contributed by atoms with Crippen molar-refractivity contribution in [2.45, 2.75) is 6.42 Å². The molecule has 2 N–H and O–H groups in total. The Hall–Kier alpha value is -3.42. The second-order valence-corrected chi connectivity index (χ2v) is 5.65. The summed E-state index contributed by atoms with van der Waals surface area (Å²) in [5.41, 5.74) is 0.603. The van der Waals surface area contributed by atoms with Crippen LogP contribution in [0, 0.1) is 17.5 Å². The van der Waals surface area contributed by atoms with Gasteiger partial charge in [0.2, 0.25) is 0 Å². The molecule has 0 radical (unpaired) electrons. The number of hydrogen-bond acceptors (Lipinski definition) is 4. The smallest absolute Gasteiger partial charge is 0.271 e. The fraction of sp³-hybridized carbons (Fsp3) is 0.105. The standard InChI is InChI=1S/C19H15F3N4O/c20-13-5-6-16(15(22)11-13)24-18-8-7-17(25-26-18)19(27)23-10-9-12-3-1-2-4-14(12)21/h1-8,11H,9-10H2,(H,23,27)(H,24,26). The summed E-state index contributed by atoms with van der Waals surface area (Å²) in [5.74, 6) is -2.05. The minimum atomic E-state index is -0.772. The molecule has 0 spiro atoms. The van der Waals surface area contributed by atoms with Crippen LogP contribution in [0.25, 0.3) is 0 Å². The number of benzene rings is 2. The lowest BCUT2D eigenvalue weighted by atomic mass is 10.1. The second kappa shape index (κ2) is 8.31. The zero-order valence-corrected chi connectivity index (χ0v) is 14.0. The number of carbonyl (C=O) groups is 1. The molecule has 1 heterocycles. The summed E-state index contributed by atoms with van der Waals surface area (Å²) < 4.78 is 40.0. The summed E-state index contributed by atoms with van der Waals surface area (Å²) in [6.45, 7) is 0.238. The molecule has 1 amide bonds. The molecular formula is C19H15F3N4O. The van der Waals surface area contributed by atoms with E-state index in [0.29, 0.717) is 12.0 Å². The van der Waals surface area contributed by atoms with Crippen LogP contribution in [0.15, 0.2) is 54.6 Å². The Morgan fingerprint density at radius 3 is 2.44 bits per heavy atom. The molecule has 0 aliphatic rings. The van der Waals surface area contributed by atoms with E-state index in [1.54, 1.807) is 18.2 Å². The van der Waals surface area contributed by atoms with E-state index in [-0.39, 0.29) is 29.6 Å². The number of amides is 1. The molecule has 8 heteroatoms. The summed E-state index contributed by atoms with van der Waals surface area (Å²) >= 11 is 0. The van der Waals surface area contributed by atoms with Gasteiger partial charge in [0, 0.05) is 12.6 Å². The molecule has 1 aromatic heterocycles. The number of halogens is 3. The van der Waals surface area contributed by atoms with Gasteiger partial charge in [-0.3, -0.25) is 4.79 Å². The van der Waals surface area contributed by atoms with E-state index in [4.69, 9.17) is 0 Å². The number of nitrogens with zero attached hydrogens (tertiary/aromatic N) is 2. The van der Waals surface area contributed by atoms with Gasteiger partial charge < -0.3 is 10.6 Å². The SMILES string of the molecule is O=C(NCCc1ccccc1F)c1ccc(Nc2ccc(F)cc2F)nn1. The molecule has 0 saturated carbocycles. The number of anilines is 2. The van der Waals surface area contributed by atoms with Crippen molar-refractivity contribution in [2.75, 3.05) is 11.9 Å². The molecule has 0 bridgehead atoms. The zero-order valence-electron chi connectivity index (χ0n) is 14.0. The first kappa shape index (κ1) is 18.4. The first-order valence-electron chi connectivity index (χ1n) is 8.10. The van der Waals surface area contributed by atoms with Gasteiger partial charge in [0.1, 0.15) is 17.5 Å². The van der Waals surface area contributed by atoms with Crippen LogP contribution in [-0.2, 0) is 6.42 Å². The first-order chi connectivity index (χ1) is 13.0. The maximum absolute atomic E-state index is 13.6. The number of aromatic nitrogens is 2. The number of carbonyl (C=O) groups excluding carboxylic acids is 1. The van der Waals surface area contributed by atoms with Crippen molar-refractivity contribution in [2.24, 2.45) is 0 Å². The van der Waals surface area contributed by atoms with E-state index in [1.807, 2.05) is 0 Å². The average molecular weight is 372 g/mol. The summed E-state index contributed by atoms with van der Waals surface area (Å²) in [6, 6.07) is 12.3. The second-order valence-electron chi connectivity index (χ2n) is 5.65. The topological polar surface area (TPSA) is 66.9 Å². The highest BCUT2D eigenvalue weighted by atomic mass is 19.1. The van der Waals surface area contributed by atoms with Gasteiger partial charge in [-0.15, -0.1) is 10.2 Å². The molecular weight excluding hydrogens is 357 g/mol. The van der Waals surface area contributed by atoms with E-state index in [2.05, 4.69) is 20.8 Å². The molecule has 2 aromatic carbocycles. The minimum Gasteiger partial charge on any atom is -0.350 e. The molecule has 0 fully saturated rings. The van der Waals surface area contributed by atoms with Gasteiger partial charge in [0.05, 0.1) is 5.69 Å². The third-order valence-electron chi connectivity index (χ3n) is 3.73. The van der Waals surface area contributed by atoms with Crippen LogP contribution in [0.4, 0.5) is 24.7 Å². The van der Waals surface area contributed by atoms with Gasteiger partial charge in [-0.05, 0) is 42.3 Å². The van der Waals surface area contributed by atoms with Crippen molar-refractivity contribution in [1.82, 2.24) is 15.5 Å². The highest BCUT2D eigenvalue weighted by molar-refractivity contribution is 5.92. The lowest BCUT2D eigenvalue weighted by Gasteiger charge is -2.08. The highest BCUT2D eigenvalue weighted by Gasteiger charge is 2.10. The molecule has 0 saturated heterocycles. The minimum absolute atomic E-state index is 0.0350. The van der Waals surface area contributed by atoms with Crippen LogP contribution >= 0.6 is 0 Å². The van der Waals surface area contributed by atoms with Crippen molar-refractivity contribution in [1.29, 1.82) is 0 Å². The quantitative estimate of drug-likeness (QED) is 0.694. The Bertz CT molecular complexity index is 948. The molecule has 27 heavy (non-hydrogen) atoms. The summed E-state index contributed by atoms with van der Waals surface area (Å²) in [4.78, 5) is 12.1. The molecule has 3 rings (SSSR count). The van der Waals surface area contributed by atoms with Gasteiger partial charge in [0.25, 0.3) is 5.91 Å². The lowest BCUT2D eigenvalue weighted by molar-refractivity contribution is 0.0948. The molecule has 138 valence electrons. The van der Waals surface area contributed by atoms with Gasteiger partial charge in [-0.1, -0.05) is 18.2 Å². The maximum Gasteiger partial charge on any atom is 0.271 e. The van der Waals surface area contributed by atoms with Crippen LogP contribution in [0.1, 0.15) is 16.1 Å². The summed E-state index contributed by atoms with van der Waals surface area (Å²) in [7, 11) is 0. The van der Waals surface area contributed by atoms with E-state index in [0.717, 1.165) is 12.1 Å². The molecule has 0 aliphatic heterocycles. The Kier molecular flexibility index (Phi) is 5.65. The molecule has 0 atom stereocenters. The van der Waals surface area contributed by atoms with Crippen LogP contribution in [0.5, 0.6) is 0 Å². The number of nitrogens with one attached hydrogen (secondary N) is 2. The predicted octanol–water partition coefficient (Wildman–Crippen LogP) is 3.61. The lowest BCUT2D eigenvalue weighted by Crippen LogP contribution is -2.27. The van der Waals surface area contributed by atoms with Crippen molar-refractivity contribution in [3.8, 4) is 0 Å². The maximum atomic E-state index is 13.6. The predicted molar refractivity (Wildman–Crippen MR) is 94.1 cm³/mol. The highest BCUT2D eigenvalue weighted by Crippen LogP contribution is 2.19. The van der Waals surface area contributed by atoms with Crippen molar-refractivity contribution in [3.05, 3.63) is 83.3 Å². The average Bonchev–Trinajstić information content (AvgIpc) is 2.66. The molecule has 0 unspecified atom stereocenters. The fourth-order valence-electron chi connectivity index (χ4n) is 2.35. The molecule has 5 nitrogen and oxygen atoms in total. The van der Waals surface area contributed by atoms with Crippen molar-refractivity contribution < 1.29 is 18.0 Å². The van der Waals surface area contributed by atoms with Crippen LogP contribution in [0.3, 0.4) is 0 Å². The largest absolute Gasteiger partial charge is 0.350 e. The zero-order chi connectivity index (χ0) is 19.2. The summed E-state index contributed by atoms with van der Waals surface area (Å²) in [5, 5.41) is 12.8. The Labute approximate surface area is 153 Å². The van der Waals surface area contributed by atoms with Crippen molar-refractivity contribution in [3.63, 3.8) is 0 Å². The van der Waals surface area contributed by atoms with E-state index >= 15 is 0 Å². The van der Waals surface area contributed by atoms with Gasteiger partial charge >= 0.3 is 0 Å². The third kappa shape index (κ3) is 4.81. The molecule has 0 aliphatic carbocycles. The normalized spacial score (nSPS) is 10.5. The Balaban J connectivity index is 1.56. The number of hydrogen-bond donors (Lipinski definition) is 2. The van der Waals surface area contributed by atoms with Gasteiger partial charge in [-0.25, -0.2) is 13.2 Å². The number of rotatable bonds is 6. The summed E-state index contributed by atoms with van der Waals surface area (Å²) in [6.07, 6.45) is 0.343. The molecule has 3 aromatic rings. The van der Waals surface area contributed by atoms with E-state index < -0.39 is 17.5 Å². The van der Waals surface area contributed by atoms with Gasteiger partial charge in [-0.2, -0.15) is 0 Å². The van der Waals surface area contributed by atoms with Crippen LogP contribution in [-0.4, -0.2) is 22.6 Å². The van der Waals surface area contributed by atoms with E-state index in [1.165, 1.54) is 24.3 Å². The Morgan fingerprint density at radius 2 is 1.74 bits per heavy atom. The Morgan fingerprint density at radius 1 is 0.926 bits per heavy atom. The first-order valence-corrected chi connectivity index (χ1v) is 8.10. The van der Waals surface area contributed by atoms with E-state index in [9.17, 15) is 18.0 Å². The van der Waals surface area contributed by atoms with Gasteiger partial charge in [0.15, 0.2) is 11.5 Å². The monoisotopic (exact) mass is 372 g/mol. The fourth-order valence-corrected chi connectivity index (χ4v) is 2.35. The third-order valence-corrected chi connectivity index (χ3v) is 3.73. The van der Waals surface area contributed by atoms with Crippen LogP contribution in [0.2, 0.25) is 0 Å². The van der Waals surface area contributed by atoms with Crippen LogP contribution < -0.4 is 10.6 Å². The van der Waals surface area contributed by atoms with Crippen molar-refractivity contribution >= 4 is 17.4 Å².